The van der Waals surface area contributed by atoms with Gasteiger partial charge in [0.1, 0.15) is 0 Å². The van der Waals surface area contributed by atoms with Crippen molar-refractivity contribution in [3.8, 4) is 0 Å². The van der Waals surface area contributed by atoms with E-state index in [-0.39, 0.29) is 17.4 Å². The van der Waals surface area contributed by atoms with Crippen molar-refractivity contribution < 1.29 is 5.11 Å². The topological polar surface area (TPSA) is 20.2 Å². The summed E-state index contributed by atoms with van der Waals surface area (Å²) < 4.78 is 0. The van der Waals surface area contributed by atoms with Gasteiger partial charge in [0.25, 0.3) is 0 Å². The normalized spacial score (nSPS) is 14.7. The summed E-state index contributed by atoms with van der Waals surface area (Å²) in [5, 5.41) is 10.8. The van der Waals surface area contributed by atoms with Gasteiger partial charge in [0.2, 0.25) is 0 Å². The second-order valence-corrected chi connectivity index (χ2v) is 6.76. The maximum absolute atomic E-state index is 10.8. The zero-order valence-corrected chi connectivity index (χ0v) is 13.3. The fraction of sp³-hybridized carbons (Fsp3) is 0.400. The average Bonchev–Trinajstić information content (AvgIpc) is 2.48. The maximum atomic E-state index is 10.8. The number of rotatable bonds is 6. The van der Waals surface area contributed by atoms with Crippen molar-refractivity contribution in [2.45, 2.75) is 39.7 Å². The molecule has 0 aliphatic carbocycles. The summed E-state index contributed by atoms with van der Waals surface area (Å²) in [5.74, 6) is 0.242. The smallest absolute Gasteiger partial charge is 0.0622 e. The van der Waals surface area contributed by atoms with E-state index in [9.17, 15) is 5.11 Å². The van der Waals surface area contributed by atoms with Crippen LogP contribution in [-0.4, -0.2) is 11.2 Å². The minimum Gasteiger partial charge on any atom is -0.392 e. The molecule has 0 fully saturated rings. The van der Waals surface area contributed by atoms with Crippen molar-refractivity contribution in [2.75, 3.05) is 0 Å². The van der Waals surface area contributed by atoms with Crippen molar-refractivity contribution in [1.29, 1.82) is 0 Å². The largest absolute Gasteiger partial charge is 0.392 e. The molecule has 0 bridgehead atoms. The van der Waals surface area contributed by atoms with E-state index in [4.69, 9.17) is 0 Å². The monoisotopic (exact) mass is 282 g/mol. The first-order valence-corrected chi connectivity index (χ1v) is 7.75. The van der Waals surface area contributed by atoms with Crippen molar-refractivity contribution >= 4 is 0 Å². The summed E-state index contributed by atoms with van der Waals surface area (Å²) >= 11 is 0. The predicted octanol–water partition coefficient (Wildman–Crippen LogP) is 4.50. The SMILES string of the molecule is CC(Cc1ccccc1)C(O)C(C)(C)Cc1ccccc1. The molecule has 0 spiro atoms. The lowest BCUT2D eigenvalue weighted by molar-refractivity contribution is 0.00744. The van der Waals surface area contributed by atoms with E-state index in [0.717, 1.165) is 12.8 Å². The summed E-state index contributed by atoms with van der Waals surface area (Å²) in [7, 11) is 0. The van der Waals surface area contributed by atoms with Crippen LogP contribution < -0.4 is 0 Å². The van der Waals surface area contributed by atoms with Gasteiger partial charge >= 0.3 is 0 Å². The molecule has 0 aliphatic rings. The Balaban J connectivity index is 2.01. The van der Waals surface area contributed by atoms with Crippen LogP contribution in [0.3, 0.4) is 0 Å². The van der Waals surface area contributed by atoms with Crippen LogP contribution in [0.5, 0.6) is 0 Å². The van der Waals surface area contributed by atoms with E-state index in [1.54, 1.807) is 0 Å². The van der Waals surface area contributed by atoms with E-state index in [0.29, 0.717) is 0 Å². The summed E-state index contributed by atoms with van der Waals surface area (Å²) in [4.78, 5) is 0. The van der Waals surface area contributed by atoms with Gasteiger partial charge in [-0.05, 0) is 35.3 Å². The molecular formula is C20H26O. The van der Waals surface area contributed by atoms with Gasteiger partial charge in [0.05, 0.1) is 6.10 Å². The standard InChI is InChI=1S/C20H26O/c1-16(14-17-10-6-4-7-11-17)19(21)20(2,3)15-18-12-8-5-9-13-18/h4-13,16,19,21H,14-15H2,1-3H3. The van der Waals surface area contributed by atoms with Crippen molar-refractivity contribution in [3.63, 3.8) is 0 Å². The second kappa shape index (κ2) is 6.91. The Bertz CT molecular complexity index is 530. The zero-order chi connectivity index (χ0) is 15.3. The Morgan fingerprint density at radius 1 is 0.857 bits per heavy atom. The highest BCUT2D eigenvalue weighted by Crippen LogP contribution is 2.31. The van der Waals surface area contributed by atoms with Crippen LogP contribution in [0.15, 0.2) is 60.7 Å². The highest BCUT2D eigenvalue weighted by atomic mass is 16.3. The molecule has 112 valence electrons. The molecule has 2 atom stereocenters. The molecule has 0 amide bonds. The number of aliphatic hydroxyl groups is 1. The molecule has 2 aromatic carbocycles. The molecule has 1 N–H and O–H groups in total. The summed E-state index contributed by atoms with van der Waals surface area (Å²) in [6.45, 7) is 6.46. The number of aliphatic hydroxyl groups excluding tert-OH is 1. The molecule has 0 heterocycles. The average molecular weight is 282 g/mol. The molecule has 21 heavy (non-hydrogen) atoms. The Hall–Kier alpha value is -1.60. The van der Waals surface area contributed by atoms with Crippen LogP contribution in [0.2, 0.25) is 0 Å². The Labute approximate surface area is 128 Å². The van der Waals surface area contributed by atoms with Gasteiger partial charge in [0.15, 0.2) is 0 Å². The minimum atomic E-state index is -0.321. The molecule has 2 unspecified atom stereocenters. The molecule has 2 rings (SSSR count). The van der Waals surface area contributed by atoms with Crippen LogP contribution in [0.1, 0.15) is 31.9 Å². The Kier molecular flexibility index (Phi) is 5.19. The first-order chi connectivity index (χ1) is 9.99. The van der Waals surface area contributed by atoms with Crippen LogP contribution in [-0.2, 0) is 12.8 Å². The van der Waals surface area contributed by atoms with Gasteiger partial charge in [-0.1, -0.05) is 81.4 Å². The molecule has 0 aromatic heterocycles. The van der Waals surface area contributed by atoms with E-state index >= 15 is 0 Å². The lowest BCUT2D eigenvalue weighted by atomic mass is 9.74. The first kappa shape index (κ1) is 15.8. The molecule has 2 aromatic rings. The maximum Gasteiger partial charge on any atom is 0.0622 e. The van der Waals surface area contributed by atoms with E-state index in [1.807, 2.05) is 12.1 Å². The van der Waals surface area contributed by atoms with E-state index in [2.05, 4.69) is 69.3 Å². The number of benzene rings is 2. The highest BCUT2D eigenvalue weighted by molar-refractivity contribution is 5.18. The molecule has 1 nitrogen and oxygen atoms in total. The minimum absolute atomic E-state index is 0.129. The Morgan fingerprint density at radius 2 is 1.33 bits per heavy atom. The van der Waals surface area contributed by atoms with Crippen molar-refractivity contribution in [2.24, 2.45) is 11.3 Å². The molecular weight excluding hydrogens is 256 g/mol. The summed E-state index contributed by atoms with van der Waals surface area (Å²) in [6.07, 6.45) is 1.49. The molecule has 1 heteroatoms. The van der Waals surface area contributed by atoms with Crippen LogP contribution in [0, 0.1) is 11.3 Å². The van der Waals surface area contributed by atoms with E-state index in [1.165, 1.54) is 11.1 Å². The summed E-state index contributed by atoms with van der Waals surface area (Å²) in [5.41, 5.74) is 2.45. The lowest BCUT2D eigenvalue weighted by Crippen LogP contribution is -2.37. The fourth-order valence-electron chi connectivity index (χ4n) is 3.09. The van der Waals surface area contributed by atoms with Gasteiger partial charge < -0.3 is 5.11 Å². The van der Waals surface area contributed by atoms with Crippen molar-refractivity contribution in [3.05, 3.63) is 71.8 Å². The fourth-order valence-corrected chi connectivity index (χ4v) is 3.09. The van der Waals surface area contributed by atoms with Crippen LogP contribution in [0.25, 0.3) is 0 Å². The van der Waals surface area contributed by atoms with Crippen LogP contribution >= 0.6 is 0 Å². The van der Waals surface area contributed by atoms with Gasteiger partial charge in [-0.15, -0.1) is 0 Å². The van der Waals surface area contributed by atoms with Gasteiger partial charge in [-0.25, -0.2) is 0 Å². The molecule has 0 saturated carbocycles. The first-order valence-electron chi connectivity index (χ1n) is 7.75. The third-order valence-corrected chi connectivity index (χ3v) is 4.24. The Morgan fingerprint density at radius 3 is 1.86 bits per heavy atom. The quantitative estimate of drug-likeness (QED) is 0.827. The number of hydrogen-bond donors (Lipinski definition) is 1. The summed E-state index contributed by atoms with van der Waals surface area (Å²) in [6, 6.07) is 20.8. The van der Waals surface area contributed by atoms with Gasteiger partial charge in [0, 0.05) is 0 Å². The molecule has 0 radical (unpaired) electrons. The van der Waals surface area contributed by atoms with E-state index < -0.39 is 0 Å². The zero-order valence-electron chi connectivity index (χ0n) is 13.3. The molecule has 0 saturated heterocycles. The molecule has 0 aliphatic heterocycles. The van der Waals surface area contributed by atoms with Crippen molar-refractivity contribution in [1.82, 2.24) is 0 Å². The predicted molar refractivity (Wildman–Crippen MR) is 89.2 cm³/mol. The van der Waals surface area contributed by atoms with Crippen LogP contribution in [0.4, 0.5) is 0 Å². The third-order valence-electron chi connectivity index (χ3n) is 4.24. The highest BCUT2D eigenvalue weighted by Gasteiger charge is 2.32. The second-order valence-electron chi connectivity index (χ2n) is 6.76. The lowest BCUT2D eigenvalue weighted by Gasteiger charge is -2.35. The number of hydrogen-bond acceptors (Lipinski definition) is 1. The van der Waals surface area contributed by atoms with Gasteiger partial charge in [-0.3, -0.25) is 0 Å². The third kappa shape index (κ3) is 4.44. The van der Waals surface area contributed by atoms with Gasteiger partial charge in [-0.2, -0.15) is 0 Å².